The third-order valence-electron chi connectivity index (χ3n) is 1.88. The van der Waals surface area contributed by atoms with E-state index in [0.29, 0.717) is 0 Å². The Morgan fingerprint density at radius 3 is 2.50 bits per heavy atom. The molecule has 0 saturated heterocycles. The van der Waals surface area contributed by atoms with E-state index in [1.807, 2.05) is 13.8 Å². The summed E-state index contributed by atoms with van der Waals surface area (Å²) in [7, 11) is 0. The summed E-state index contributed by atoms with van der Waals surface area (Å²) in [5.74, 6) is -0.0550. The van der Waals surface area contributed by atoms with Crippen LogP contribution in [0.3, 0.4) is 0 Å². The second kappa shape index (κ2) is 8.87. The van der Waals surface area contributed by atoms with Crippen LogP contribution in [-0.4, -0.2) is 35.5 Å². The van der Waals surface area contributed by atoms with Gasteiger partial charge in [-0.2, -0.15) is 6.07 Å². The van der Waals surface area contributed by atoms with E-state index in [2.05, 4.69) is 10.8 Å². The fourth-order valence-electron chi connectivity index (χ4n) is 0.990. The quantitative estimate of drug-likeness (QED) is 0.577. The molecule has 0 aliphatic carbocycles. The monoisotopic (exact) mass is 336 g/mol. The summed E-state index contributed by atoms with van der Waals surface area (Å²) in [6, 6.07) is 6.37. The van der Waals surface area contributed by atoms with Gasteiger partial charge in [-0.15, -0.1) is 25.3 Å². The molecule has 1 aromatic rings. The summed E-state index contributed by atoms with van der Waals surface area (Å²) in [4.78, 5) is 0. The Labute approximate surface area is 131 Å². The largest absolute Gasteiger partial charge is 2.00 e. The molecule has 1 aromatic carbocycles. The van der Waals surface area contributed by atoms with E-state index in [9.17, 15) is 13.2 Å². The maximum atomic E-state index is 11.9. The minimum Gasteiger partial charge on any atom is -1.00 e. The van der Waals surface area contributed by atoms with Crippen molar-refractivity contribution in [1.82, 2.24) is 0 Å². The molecular formula is C11H12BrF3MgO2. The zero-order valence-electron chi connectivity index (χ0n) is 10.1. The zero-order chi connectivity index (χ0) is 12.2. The van der Waals surface area contributed by atoms with Crippen LogP contribution in [0.15, 0.2) is 18.2 Å². The third-order valence-corrected chi connectivity index (χ3v) is 1.88. The molecule has 0 aromatic heterocycles. The van der Waals surface area contributed by atoms with Gasteiger partial charge in [-0.1, -0.05) is 13.0 Å². The topological polar surface area (TPSA) is 18.5 Å². The smallest absolute Gasteiger partial charge is 1.00 e. The van der Waals surface area contributed by atoms with Crippen LogP contribution in [0.4, 0.5) is 13.2 Å². The number of hydrogen-bond acceptors (Lipinski definition) is 2. The van der Waals surface area contributed by atoms with Crippen molar-refractivity contribution in [3.8, 4) is 11.5 Å². The van der Waals surface area contributed by atoms with E-state index < -0.39 is 6.36 Å². The van der Waals surface area contributed by atoms with Crippen molar-refractivity contribution < 1.29 is 39.6 Å². The normalized spacial score (nSPS) is 11.8. The van der Waals surface area contributed by atoms with E-state index in [1.165, 1.54) is 18.2 Å². The first kappa shape index (κ1) is 20.2. The number of alkyl halides is 3. The molecule has 1 rings (SSSR count). The first-order valence-electron chi connectivity index (χ1n) is 4.85. The van der Waals surface area contributed by atoms with Crippen LogP contribution in [0, 0.1) is 6.07 Å². The van der Waals surface area contributed by atoms with Crippen molar-refractivity contribution in [3.63, 3.8) is 0 Å². The standard InChI is InChI=1S/C11H12F3O2.BrH.Mg/c1-3-8(2)15-9-5-4-6-10(7-9)16-11(12,13)14;;/h4,6-8H,3H2,1-2H3;1H;/q-1;;+2/p-1. The molecule has 0 bridgehead atoms. The predicted octanol–water partition coefficient (Wildman–Crippen LogP) is 0.186. The molecule has 18 heavy (non-hydrogen) atoms. The molecule has 0 heterocycles. The second-order valence-corrected chi connectivity index (χ2v) is 3.27. The van der Waals surface area contributed by atoms with Gasteiger partial charge in [0.05, 0.1) is 6.10 Å². The van der Waals surface area contributed by atoms with Crippen LogP contribution >= 0.6 is 0 Å². The number of benzene rings is 1. The first-order valence-corrected chi connectivity index (χ1v) is 4.85. The van der Waals surface area contributed by atoms with Crippen LogP contribution in [0.2, 0.25) is 0 Å². The van der Waals surface area contributed by atoms with Gasteiger partial charge in [0.15, 0.2) is 0 Å². The molecular weight excluding hydrogens is 325 g/mol. The Balaban J connectivity index is 0. The molecule has 0 spiro atoms. The van der Waals surface area contributed by atoms with Gasteiger partial charge in [-0.05, 0) is 13.3 Å². The zero-order valence-corrected chi connectivity index (χ0v) is 13.1. The van der Waals surface area contributed by atoms with Crippen molar-refractivity contribution in [3.05, 3.63) is 24.3 Å². The minimum atomic E-state index is -4.69. The molecule has 0 aliphatic rings. The Bertz CT molecular complexity index is 347. The summed E-state index contributed by atoms with van der Waals surface area (Å²) in [5.41, 5.74) is 0. The first-order chi connectivity index (χ1) is 7.40. The van der Waals surface area contributed by atoms with Gasteiger partial charge in [-0.25, -0.2) is 0 Å². The molecule has 1 unspecified atom stereocenters. The summed E-state index contributed by atoms with van der Waals surface area (Å²) in [6.07, 6.45) is -4.00. The Hall–Kier alpha value is -0.144. The fourth-order valence-corrected chi connectivity index (χ4v) is 0.990. The second-order valence-electron chi connectivity index (χ2n) is 3.27. The van der Waals surface area contributed by atoms with Crippen LogP contribution in [0.1, 0.15) is 20.3 Å². The van der Waals surface area contributed by atoms with E-state index in [1.54, 1.807) is 0 Å². The summed E-state index contributed by atoms with van der Waals surface area (Å²) in [6.45, 7) is 3.74. The van der Waals surface area contributed by atoms with E-state index in [4.69, 9.17) is 4.74 Å². The van der Waals surface area contributed by atoms with Gasteiger partial charge in [-0.3, -0.25) is 0 Å². The Morgan fingerprint density at radius 2 is 2.00 bits per heavy atom. The molecule has 0 radical (unpaired) electrons. The van der Waals surface area contributed by atoms with E-state index >= 15 is 0 Å². The van der Waals surface area contributed by atoms with Crippen molar-refractivity contribution in [2.75, 3.05) is 0 Å². The molecule has 7 heteroatoms. The number of hydrogen-bond donors (Lipinski definition) is 0. The van der Waals surface area contributed by atoms with Gasteiger partial charge >= 0.3 is 29.4 Å². The number of halogens is 4. The molecule has 0 amide bonds. The molecule has 1 atom stereocenters. The van der Waals surface area contributed by atoms with Crippen molar-refractivity contribution in [2.24, 2.45) is 0 Å². The molecule has 0 saturated carbocycles. The van der Waals surface area contributed by atoms with E-state index in [0.717, 1.165) is 6.42 Å². The predicted molar refractivity (Wildman–Crippen MR) is 58.1 cm³/mol. The van der Waals surface area contributed by atoms with E-state index in [-0.39, 0.29) is 57.6 Å². The number of rotatable bonds is 4. The molecule has 2 nitrogen and oxygen atoms in total. The molecule has 0 N–H and O–H groups in total. The molecule has 98 valence electrons. The molecule has 0 fully saturated rings. The Morgan fingerprint density at radius 1 is 1.39 bits per heavy atom. The van der Waals surface area contributed by atoms with Gasteiger partial charge in [0.1, 0.15) is 0 Å². The average molecular weight is 337 g/mol. The van der Waals surface area contributed by atoms with Gasteiger partial charge in [0.2, 0.25) is 0 Å². The van der Waals surface area contributed by atoms with Crippen molar-refractivity contribution in [2.45, 2.75) is 32.7 Å². The van der Waals surface area contributed by atoms with Crippen LogP contribution in [-0.2, 0) is 0 Å². The van der Waals surface area contributed by atoms with Gasteiger partial charge in [0, 0.05) is 11.5 Å². The fraction of sp³-hybridized carbons (Fsp3) is 0.455. The summed E-state index contributed by atoms with van der Waals surface area (Å²) < 4.78 is 44.9. The maximum absolute atomic E-state index is 11.9. The van der Waals surface area contributed by atoms with Crippen molar-refractivity contribution in [1.29, 1.82) is 0 Å². The number of ether oxygens (including phenoxy) is 2. The molecule has 0 aliphatic heterocycles. The summed E-state index contributed by atoms with van der Waals surface area (Å²) in [5, 5.41) is 0. The van der Waals surface area contributed by atoms with Crippen LogP contribution in [0.25, 0.3) is 0 Å². The Kier molecular flexibility index (Phi) is 9.95. The van der Waals surface area contributed by atoms with Crippen LogP contribution in [0.5, 0.6) is 11.5 Å². The summed E-state index contributed by atoms with van der Waals surface area (Å²) >= 11 is 0. The SMILES string of the molecule is CCC(C)Oc1[c-]ccc(OC(F)(F)F)c1.[Br-].[Mg+2]. The van der Waals surface area contributed by atoms with Gasteiger partial charge in [0.25, 0.3) is 0 Å². The van der Waals surface area contributed by atoms with Crippen LogP contribution < -0.4 is 26.5 Å². The third kappa shape index (κ3) is 8.05. The van der Waals surface area contributed by atoms with Crippen molar-refractivity contribution >= 4 is 23.1 Å². The minimum absolute atomic E-state index is 0. The maximum Gasteiger partial charge on any atom is 2.00 e. The van der Waals surface area contributed by atoms with Gasteiger partial charge < -0.3 is 26.5 Å². The average Bonchev–Trinajstić information content (AvgIpc) is 2.15.